The first-order chi connectivity index (χ1) is 6.68. The van der Waals surface area contributed by atoms with Crippen LogP contribution < -0.4 is 5.73 Å². The Kier molecular flexibility index (Phi) is 3.46. The molecule has 0 fully saturated rings. The fraction of sp³-hybridized carbons (Fsp3) is 0.333. The second kappa shape index (κ2) is 4.41. The number of aryl methyl sites for hydroxylation is 1. The number of nitrogen functional groups attached to an aromatic ring is 1. The third-order valence-corrected chi connectivity index (χ3v) is 2.06. The lowest BCUT2D eigenvalue weighted by molar-refractivity contribution is 1.06. The van der Waals surface area contributed by atoms with Crippen LogP contribution in [0.15, 0.2) is 17.0 Å². The molecule has 0 saturated carbocycles. The van der Waals surface area contributed by atoms with E-state index >= 15 is 0 Å². The average molecular weight is 257 g/mol. The van der Waals surface area contributed by atoms with Crippen LogP contribution in [0.25, 0.3) is 5.65 Å². The third-order valence-electron chi connectivity index (χ3n) is 1.67. The summed E-state index contributed by atoms with van der Waals surface area (Å²) in [5, 5.41) is 0. The molecule has 14 heavy (non-hydrogen) atoms. The second-order valence-electron chi connectivity index (χ2n) is 2.54. The Bertz CT molecular complexity index is 436. The smallest absolute Gasteiger partial charge is 0.180 e. The molecule has 0 saturated heterocycles. The van der Waals surface area contributed by atoms with Gasteiger partial charge in [0.25, 0.3) is 0 Å². The number of fused-ring (bicyclic) bond motifs is 1. The van der Waals surface area contributed by atoms with Crippen molar-refractivity contribution in [3.05, 3.63) is 22.7 Å². The molecule has 5 heteroatoms. The zero-order chi connectivity index (χ0) is 10.7. The predicted octanol–water partition coefficient (Wildman–Crippen LogP) is 2.41. The molecule has 76 valence electrons. The van der Waals surface area contributed by atoms with Gasteiger partial charge in [-0.15, -0.1) is 0 Å². The molecule has 0 unspecified atom stereocenters. The van der Waals surface area contributed by atoms with Crippen LogP contribution in [0.2, 0.25) is 0 Å². The van der Waals surface area contributed by atoms with Crippen molar-refractivity contribution in [1.29, 1.82) is 0 Å². The molecule has 0 atom stereocenters. The lowest BCUT2D eigenvalue weighted by Gasteiger charge is -1.99. The number of hydrogen-bond acceptors (Lipinski definition) is 3. The normalized spacial score (nSPS) is 9.71. The van der Waals surface area contributed by atoms with Gasteiger partial charge in [-0.1, -0.05) is 13.8 Å². The summed E-state index contributed by atoms with van der Waals surface area (Å²) < 4.78 is 2.61. The molecule has 2 aromatic rings. The van der Waals surface area contributed by atoms with Crippen molar-refractivity contribution >= 4 is 27.4 Å². The fourth-order valence-corrected chi connectivity index (χ4v) is 1.49. The minimum atomic E-state index is 0.442. The molecule has 0 radical (unpaired) electrons. The quantitative estimate of drug-likeness (QED) is 0.788. The van der Waals surface area contributed by atoms with E-state index in [1.54, 1.807) is 6.20 Å². The van der Waals surface area contributed by atoms with E-state index in [4.69, 9.17) is 5.73 Å². The van der Waals surface area contributed by atoms with Crippen molar-refractivity contribution in [1.82, 2.24) is 14.4 Å². The van der Waals surface area contributed by atoms with Crippen LogP contribution in [0, 0.1) is 6.92 Å². The SMILES string of the molecule is CC.Cc1cnc2c(N)nc(Br)cn12. The van der Waals surface area contributed by atoms with Gasteiger partial charge in [-0.05, 0) is 22.9 Å². The number of halogens is 1. The number of imidazole rings is 1. The van der Waals surface area contributed by atoms with Crippen molar-refractivity contribution in [2.75, 3.05) is 5.73 Å². The monoisotopic (exact) mass is 256 g/mol. The van der Waals surface area contributed by atoms with Gasteiger partial charge in [-0.3, -0.25) is 4.40 Å². The molecular formula is C9H13BrN4. The van der Waals surface area contributed by atoms with Crippen molar-refractivity contribution in [3.8, 4) is 0 Å². The second-order valence-corrected chi connectivity index (χ2v) is 3.35. The van der Waals surface area contributed by atoms with E-state index in [2.05, 4.69) is 25.9 Å². The molecule has 0 aliphatic rings. The number of nitrogens with two attached hydrogens (primary N) is 1. The average Bonchev–Trinajstić information content (AvgIpc) is 2.52. The number of rotatable bonds is 0. The number of aromatic nitrogens is 3. The van der Waals surface area contributed by atoms with Crippen molar-refractivity contribution in [3.63, 3.8) is 0 Å². The molecule has 0 spiro atoms. The number of hydrogen-bond donors (Lipinski definition) is 1. The Morgan fingerprint density at radius 2 is 2.07 bits per heavy atom. The summed E-state index contributed by atoms with van der Waals surface area (Å²) in [4.78, 5) is 8.14. The van der Waals surface area contributed by atoms with E-state index in [0.717, 1.165) is 5.69 Å². The molecule has 2 aromatic heterocycles. The maximum absolute atomic E-state index is 5.65. The minimum Gasteiger partial charge on any atom is -0.381 e. The number of nitrogens with zero attached hydrogens (tertiary/aromatic N) is 3. The lowest BCUT2D eigenvalue weighted by atomic mass is 10.5. The Hall–Kier alpha value is -1.10. The van der Waals surface area contributed by atoms with Crippen LogP contribution in [0.1, 0.15) is 19.5 Å². The number of anilines is 1. The molecular weight excluding hydrogens is 244 g/mol. The highest BCUT2D eigenvalue weighted by Gasteiger charge is 2.04. The summed E-state index contributed by atoms with van der Waals surface area (Å²) in [6.45, 7) is 5.96. The van der Waals surface area contributed by atoms with E-state index in [1.165, 1.54) is 0 Å². The maximum atomic E-state index is 5.65. The standard InChI is InChI=1S/C7H7BrN4.C2H6/c1-4-2-10-7-6(9)11-5(8)3-12(4)7;1-2/h2-3H,1H3,(H2,9,11);1-2H3. The van der Waals surface area contributed by atoms with Crippen LogP contribution in [0.5, 0.6) is 0 Å². The highest BCUT2D eigenvalue weighted by Crippen LogP contribution is 2.15. The summed E-state index contributed by atoms with van der Waals surface area (Å²) in [5.74, 6) is 0.442. The third kappa shape index (κ3) is 1.87. The highest BCUT2D eigenvalue weighted by atomic mass is 79.9. The van der Waals surface area contributed by atoms with Crippen molar-refractivity contribution in [2.24, 2.45) is 0 Å². The van der Waals surface area contributed by atoms with E-state index in [0.29, 0.717) is 16.1 Å². The summed E-state index contributed by atoms with van der Waals surface area (Å²) in [6.07, 6.45) is 3.60. The molecule has 2 heterocycles. The van der Waals surface area contributed by atoms with Gasteiger partial charge < -0.3 is 5.73 Å². The van der Waals surface area contributed by atoms with Gasteiger partial charge in [0.15, 0.2) is 11.5 Å². The largest absolute Gasteiger partial charge is 0.381 e. The highest BCUT2D eigenvalue weighted by molar-refractivity contribution is 9.10. The predicted molar refractivity (Wildman–Crippen MR) is 61.2 cm³/mol. The van der Waals surface area contributed by atoms with Gasteiger partial charge in [0.05, 0.1) is 0 Å². The summed E-state index contributed by atoms with van der Waals surface area (Å²) in [5.41, 5.74) is 7.39. The van der Waals surface area contributed by atoms with Crippen LogP contribution in [-0.4, -0.2) is 14.4 Å². The molecule has 0 amide bonds. The van der Waals surface area contributed by atoms with E-state index in [9.17, 15) is 0 Å². The Balaban J connectivity index is 0.000000461. The zero-order valence-corrected chi connectivity index (χ0v) is 10.0. The topological polar surface area (TPSA) is 56.2 Å². The van der Waals surface area contributed by atoms with Gasteiger partial charge in [0.1, 0.15) is 4.60 Å². The molecule has 2 rings (SSSR count). The van der Waals surface area contributed by atoms with Gasteiger partial charge in [0, 0.05) is 18.1 Å². The molecule has 0 aliphatic carbocycles. The maximum Gasteiger partial charge on any atom is 0.180 e. The summed E-state index contributed by atoms with van der Waals surface area (Å²) in [7, 11) is 0. The van der Waals surface area contributed by atoms with Crippen LogP contribution in [0.4, 0.5) is 5.82 Å². The van der Waals surface area contributed by atoms with E-state index < -0.39 is 0 Å². The first-order valence-electron chi connectivity index (χ1n) is 4.44. The first-order valence-corrected chi connectivity index (χ1v) is 5.23. The van der Waals surface area contributed by atoms with Gasteiger partial charge in [-0.25, -0.2) is 9.97 Å². The van der Waals surface area contributed by atoms with Gasteiger partial charge in [-0.2, -0.15) is 0 Å². The first kappa shape index (κ1) is 11.0. The van der Waals surface area contributed by atoms with Crippen molar-refractivity contribution < 1.29 is 0 Å². The van der Waals surface area contributed by atoms with E-state index in [-0.39, 0.29) is 0 Å². The summed E-state index contributed by atoms with van der Waals surface area (Å²) in [6, 6.07) is 0. The lowest BCUT2D eigenvalue weighted by Crippen LogP contribution is -1.97. The van der Waals surface area contributed by atoms with Gasteiger partial charge >= 0.3 is 0 Å². The van der Waals surface area contributed by atoms with E-state index in [1.807, 2.05) is 31.4 Å². The Morgan fingerprint density at radius 3 is 2.71 bits per heavy atom. The fourth-order valence-electron chi connectivity index (χ4n) is 1.10. The Morgan fingerprint density at radius 1 is 1.43 bits per heavy atom. The minimum absolute atomic E-state index is 0.442. The van der Waals surface area contributed by atoms with Gasteiger partial charge in [0.2, 0.25) is 0 Å². The molecule has 4 nitrogen and oxygen atoms in total. The summed E-state index contributed by atoms with van der Waals surface area (Å²) >= 11 is 3.26. The van der Waals surface area contributed by atoms with Crippen LogP contribution >= 0.6 is 15.9 Å². The Labute approximate surface area is 91.3 Å². The van der Waals surface area contributed by atoms with Crippen LogP contribution in [0.3, 0.4) is 0 Å². The van der Waals surface area contributed by atoms with Crippen molar-refractivity contribution in [2.45, 2.75) is 20.8 Å². The molecule has 2 N–H and O–H groups in total. The molecule has 0 bridgehead atoms. The molecule has 0 aromatic carbocycles. The molecule has 0 aliphatic heterocycles. The van der Waals surface area contributed by atoms with Crippen LogP contribution in [-0.2, 0) is 0 Å². The zero-order valence-electron chi connectivity index (χ0n) is 8.45.